The Balaban J connectivity index is 1.60. The van der Waals surface area contributed by atoms with Crippen LogP contribution in [0.25, 0.3) is 0 Å². The lowest BCUT2D eigenvalue weighted by molar-refractivity contribution is 0.0257. The molecule has 0 saturated carbocycles. The average molecular weight is 392 g/mol. The van der Waals surface area contributed by atoms with Gasteiger partial charge in [0, 0.05) is 50.2 Å². The molecule has 2 heterocycles. The molecule has 2 fully saturated rings. The summed E-state index contributed by atoms with van der Waals surface area (Å²) in [6.07, 6.45) is 7.93. The zero-order chi connectivity index (χ0) is 19.1. The molecule has 150 valence electrons. The molecular formula is C21H33N3O2S. The first kappa shape index (κ1) is 20.5. The van der Waals surface area contributed by atoms with Crippen LogP contribution in [-0.2, 0) is 4.74 Å². The third kappa shape index (κ3) is 5.39. The molecule has 5 nitrogen and oxygen atoms in total. The highest BCUT2D eigenvalue weighted by molar-refractivity contribution is 7.98. The molecule has 1 aromatic rings. The van der Waals surface area contributed by atoms with Gasteiger partial charge in [-0.05, 0) is 57.0 Å². The van der Waals surface area contributed by atoms with Crippen molar-refractivity contribution in [3.05, 3.63) is 24.3 Å². The molecule has 27 heavy (non-hydrogen) atoms. The van der Waals surface area contributed by atoms with Crippen LogP contribution in [0.15, 0.2) is 29.2 Å². The molecule has 1 unspecified atom stereocenters. The molecule has 2 amide bonds. The van der Waals surface area contributed by atoms with Gasteiger partial charge in [0.15, 0.2) is 0 Å². The van der Waals surface area contributed by atoms with Gasteiger partial charge >= 0.3 is 6.03 Å². The smallest absolute Gasteiger partial charge is 0.321 e. The quantitative estimate of drug-likeness (QED) is 0.584. The van der Waals surface area contributed by atoms with Crippen LogP contribution in [0, 0.1) is 5.41 Å². The maximum absolute atomic E-state index is 12.9. The van der Waals surface area contributed by atoms with E-state index >= 15 is 0 Å². The molecular weight excluding hydrogens is 358 g/mol. The number of anilines is 1. The average Bonchev–Trinajstić information content (AvgIpc) is 2.69. The number of nitrogens with one attached hydrogen (secondary N) is 1. The Morgan fingerprint density at radius 3 is 2.78 bits per heavy atom. The van der Waals surface area contributed by atoms with Gasteiger partial charge in [-0.3, -0.25) is 0 Å². The second kappa shape index (κ2) is 9.80. The Morgan fingerprint density at radius 2 is 2.00 bits per heavy atom. The molecule has 6 heteroatoms. The van der Waals surface area contributed by atoms with E-state index in [-0.39, 0.29) is 11.4 Å². The molecule has 1 N–H and O–H groups in total. The first-order valence-electron chi connectivity index (χ1n) is 10.1. The number of likely N-dealkylation sites (tertiary alicyclic amines) is 2. The number of rotatable bonds is 6. The lowest BCUT2D eigenvalue weighted by Gasteiger charge is -2.48. The lowest BCUT2D eigenvalue weighted by Crippen LogP contribution is -2.54. The van der Waals surface area contributed by atoms with Gasteiger partial charge in [0.1, 0.15) is 0 Å². The van der Waals surface area contributed by atoms with Crippen molar-refractivity contribution in [1.29, 1.82) is 0 Å². The van der Waals surface area contributed by atoms with Gasteiger partial charge in [-0.1, -0.05) is 12.1 Å². The third-order valence-electron chi connectivity index (χ3n) is 5.86. The first-order valence-corrected chi connectivity index (χ1v) is 11.3. The minimum atomic E-state index is 0.0482. The molecule has 2 saturated heterocycles. The monoisotopic (exact) mass is 391 g/mol. The summed E-state index contributed by atoms with van der Waals surface area (Å²) >= 11 is 1.67. The fourth-order valence-corrected chi connectivity index (χ4v) is 5.14. The Kier molecular flexibility index (Phi) is 7.44. The van der Waals surface area contributed by atoms with Crippen LogP contribution in [0.1, 0.15) is 32.1 Å². The standard InChI is InChI=1S/C21H33N3O2S/c1-26-15-7-13-23-12-5-10-21(16-23)11-6-14-24(17-21)20(25)22-18-8-3-4-9-19(18)27-2/h3-4,8-9H,5-7,10-17H2,1-2H3,(H,22,25). The van der Waals surface area contributed by atoms with E-state index in [1.54, 1.807) is 18.9 Å². The number of methoxy groups -OCH3 is 1. The molecule has 0 aromatic heterocycles. The van der Waals surface area contributed by atoms with Crippen LogP contribution in [0.5, 0.6) is 0 Å². The molecule has 1 atom stereocenters. The SMILES string of the molecule is COCCCN1CCCC2(CCCN(C(=O)Nc3ccccc3SC)C2)C1. The largest absolute Gasteiger partial charge is 0.385 e. The summed E-state index contributed by atoms with van der Waals surface area (Å²) in [4.78, 5) is 18.7. The Labute approximate surface area is 167 Å². The van der Waals surface area contributed by atoms with Crippen molar-refractivity contribution in [3.63, 3.8) is 0 Å². The predicted octanol–water partition coefficient (Wildman–Crippen LogP) is 4.15. The van der Waals surface area contributed by atoms with Crippen molar-refractivity contribution < 1.29 is 9.53 Å². The van der Waals surface area contributed by atoms with Gasteiger partial charge in [-0.25, -0.2) is 4.79 Å². The van der Waals surface area contributed by atoms with Gasteiger partial charge in [0.25, 0.3) is 0 Å². The number of para-hydroxylation sites is 1. The summed E-state index contributed by atoms with van der Waals surface area (Å²) in [5.41, 5.74) is 1.18. The van der Waals surface area contributed by atoms with Crippen molar-refractivity contribution in [3.8, 4) is 0 Å². The van der Waals surface area contributed by atoms with E-state index in [1.165, 1.54) is 25.8 Å². The van der Waals surface area contributed by atoms with Gasteiger partial charge in [-0.2, -0.15) is 0 Å². The van der Waals surface area contributed by atoms with Crippen LogP contribution in [-0.4, -0.2) is 68.5 Å². The molecule has 0 aliphatic carbocycles. The van der Waals surface area contributed by atoms with Crippen LogP contribution in [0.3, 0.4) is 0 Å². The highest BCUT2D eigenvalue weighted by Crippen LogP contribution is 2.38. The van der Waals surface area contributed by atoms with E-state index < -0.39 is 0 Å². The number of benzene rings is 1. The van der Waals surface area contributed by atoms with Crippen molar-refractivity contribution >= 4 is 23.5 Å². The van der Waals surface area contributed by atoms with E-state index in [4.69, 9.17) is 4.74 Å². The number of amides is 2. The molecule has 2 aliphatic rings. The lowest BCUT2D eigenvalue weighted by atomic mass is 9.73. The molecule has 1 aromatic carbocycles. The van der Waals surface area contributed by atoms with Crippen molar-refractivity contribution in [2.75, 3.05) is 58.0 Å². The topological polar surface area (TPSA) is 44.8 Å². The highest BCUT2D eigenvalue weighted by atomic mass is 32.2. The van der Waals surface area contributed by atoms with Gasteiger partial charge < -0.3 is 19.9 Å². The Bertz CT molecular complexity index is 623. The summed E-state index contributed by atoms with van der Waals surface area (Å²) in [7, 11) is 1.77. The van der Waals surface area contributed by atoms with E-state index in [2.05, 4.69) is 16.3 Å². The number of ether oxygens (including phenoxy) is 1. The maximum atomic E-state index is 12.9. The number of carbonyl (C=O) groups excluding carboxylic acids is 1. The first-order chi connectivity index (χ1) is 13.2. The maximum Gasteiger partial charge on any atom is 0.321 e. The van der Waals surface area contributed by atoms with Crippen LogP contribution >= 0.6 is 11.8 Å². The van der Waals surface area contributed by atoms with Crippen LogP contribution in [0.4, 0.5) is 10.5 Å². The van der Waals surface area contributed by atoms with Gasteiger partial charge in [0.2, 0.25) is 0 Å². The third-order valence-corrected chi connectivity index (χ3v) is 6.66. The van der Waals surface area contributed by atoms with Crippen LogP contribution in [0.2, 0.25) is 0 Å². The molecule has 0 radical (unpaired) electrons. The summed E-state index contributed by atoms with van der Waals surface area (Å²) in [5, 5.41) is 3.14. The zero-order valence-corrected chi connectivity index (χ0v) is 17.5. The number of nitrogens with zero attached hydrogens (tertiary/aromatic N) is 2. The number of hydrogen-bond acceptors (Lipinski definition) is 4. The fourth-order valence-electron chi connectivity index (χ4n) is 4.59. The number of carbonyl (C=O) groups is 1. The zero-order valence-electron chi connectivity index (χ0n) is 16.7. The minimum absolute atomic E-state index is 0.0482. The Hall–Kier alpha value is -1.24. The molecule has 1 spiro atoms. The Morgan fingerprint density at radius 1 is 1.22 bits per heavy atom. The van der Waals surface area contributed by atoms with Crippen molar-refractivity contribution in [2.24, 2.45) is 5.41 Å². The number of urea groups is 1. The molecule has 2 aliphatic heterocycles. The normalized spacial score (nSPS) is 23.6. The van der Waals surface area contributed by atoms with Gasteiger partial charge in [-0.15, -0.1) is 11.8 Å². The van der Waals surface area contributed by atoms with E-state index in [0.717, 1.165) is 56.2 Å². The van der Waals surface area contributed by atoms with E-state index in [1.807, 2.05) is 29.4 Å². The van der Waals surface area contributed by atoms with E-state index in [9.17, 15) is 4.79 Å². The molecule has 0 bridgehead atoms. The number of piperidine rings is 2. The predicted molar refractivity (Wildman–Crippen MR) is 113 cm³/mol. The van der Waals surface area contributed by atoms with Crippen molar-refractivity contribution in [2.45, 2.75) is 37.0 Å². The summed E-state index contributed by atoms with van der Waals surface area (Å²) in [5.74, 6) is 0. The van der Waals surface area contributed by atoms with Crippen molar-refractivity contribution in [1.82, 2.24) is 9.80 Å². The number of thioether (sulfide) groups is 1. The van der Waals surface area contributed by atoms with Gasteiger partial charge in [0.05, 0.1) is 5.69 Å². The van der Waals surface area contributed by atoms with E-state index in [0.29, 0.717) is 0 Å². The number of hydrogen-bond donors (Lipinski definition) is 1. The summed E-state index contributed by atoms with van der Waals surface area (Å²) in [6.45, 7) is 5.95. The highest BCUT2D eigenvalue weighted by Gasteiger charge is 2.40. The molecule has 3 rings (SSSR count). The summed E-state index contributed by atoms with van der Waals surface area (Å²) in [6, 6.07) is 8.08. The fraction of sp³-hybridized carbons (Fsp3) is 0.667. The minimum Gasteiger partial charge on any atom is -0.385 e. The summed E-state index contributed by atoms with van der Waals surface area (Å²) < 4.78 is 5.20. The second-order valence-corrected chi connectivity index (χ2v) is 8.73. The van der Waals surface area contributed by atoms with Crippen LogP contribution < -0.4 is 5.32 Å². The second-order valence-electron chi connectivity index (χ2n) is 7.88.